The van der Waals surface area contributed by atoms with Gasteiger partial charge in [0.2, 0.25) is 0 Å². The molecule has 1 unspecified atom stereocenters. The number of fused-ring (bicyclic) bond motifs is 1. The van der Waals surface area contributed by atoms with Gasteiger partial charge in [-0.25, -0.2) is 4.68 Å². The van der Waals surface area contributed by atoms with Crippen molar-refractivity contribution < 1.29 is 14.3 Å². The summed E-state index contributed by atoms with van der Waals surface area (Å²) in [5, 5.41) is 10.8. The molecule has 2 aromatic heterocycles. The highest BCUT2D eigenvalue weighted by atomic mass is 32.1. The molecule has 1 aromatic carbocycles. The van der Waals surface area contributed by atoms with Crippen LogP contribution >= 0.6 is 11.3 Å². The molecule has 0 aliphatic carbocycles. The van der Waals surface area contributed by atoms with Crippen molar-refractivity contribution in [2.75, 3.05) is 18.5 Å². The van der Waals surface area contributed by atoms with Gasteiger partial charge >= 0.3 is 0 Å². The first-order valence-corrected chi connectivity index (χ1v) is 11.2. The number of aryl methyl sites for hydroxylation is 1. The predicted octanol–water partition coefficient (Wildman–Crippen LogP) is 3.72. The largest absolute Gasteiger partial charge is 0.376 e. The number of anilines is 1. The molecule has 31 heavy (non-hydrogen) atoms. The quantitative estimate of drug-likeness (QED) is 0.629. The molecule has 1 aliphatic heterocycles. The first kappa shape index (κ1) is 21.5. The van der Waals surface area contributed by atoms with E-state index in [1.807, 2.05) is 39.8 Å². The number of nitrogens with one attached hydrogen (secondary N) is 2. The van der Waals surface area contributed by atoms with Crippen LogP contribution in [-0.2, 0) is 10.3 Å². The van der Waals surface area contributed by atoms with Crippen molar-refractivity contribution in [2.45, 2.75) is 52.2 Å². The molecule has 2 N–H and O–H groups in total. The van der Waals surface area contributed by atoms with E-state index in [-0.39, 0.29) is 23.5 Å². The first-order chi connectivity index (χ1) is 14.7. The second-order valence-electron chi connectivity index (χ2n) is 8.77. The molecule has 1 atom stereocenters. The monoisotopic (exact) mass is 441 g/mol. The van der Waals surface area contributed by atoms with Gasteiger partial charge in [0.1, 0.15) is 4.70 Å². The fourth-order valence-corrected chi connectivity index (χ4v) is 4.36. The van der Waals surface area contributed by atoms with Gasteiger partial charge in [0.25, 0.3) is 11.8 Å². The van der Waals surface area contributed by atoms with Crippen molar-refractivity contribution in [3.05, 3.63) is 41.1 Å². The highest BCUT2D eigenvalue weighted by Gasteiger charge is 2.28. The molecule has 1 saturated heterocycles. The Morgan fingerprint density at radius 3 is 2.61 bits per heavy atom. The maximum absolute atomic E-state index is 12.9. The van der Waals surface area contributed by atoms with Crippen molar-refractivity contribution in [1.82, 2.24) is 20.1 Å². The molecular weight excluding hydrogens is 414 g/mol. The molecule has 1 aliphatic rings. The SMILES string of the molecule is Cc1ccc(C(=O)Nc2nc3c(s2)c(C(=O)NCC2CCCO2)nn3C(C)(C)C)cc1. The molecule has 0 spiro atoms. The summed E-state index contributed by atoms with van der Waals surface area (Å²) in [6, 6.07) is 7.33. The average molecular weight is 442 g/mol. The smallest absolute Gasteiger partial charge is 0.273 e. The van der Waals surface area contributed by atoms with Crippen molar-refractivity contribution in [3.63, 3.8) is 0 Å². The maximum atomic E-state index is 12.9. The van der Waals surface area contributed by atoms with Crippen LogP contribution < -0.4 is 10.6 Å². The number of ether oxygens (including phenoxy) is 1. The van der Waals surface area contributed by atoms with Crippen LogP contribution in [0.3, 0.4) is 0 Å². The van der Waals surface area contributed by atoms with Gasteiger partial charge in [-0.3, -0.25) is 14.9 Å². The third-order valence-electron chi connectivity index (χ3n) is 5.12. The normalized spacial score (nSPS) is 16.6. The fourth-order valence-electron chi connectivity index (χ4n) is 3.44. The molecule has 1 fully saturated rings. The molecule has 3 aromatic rings. The number of hydrogen-bond donors (Lipinski definition) is 2. The molecule has 2 amide bonds. The molecule has 0 radical (unpaired) electrons. The van der Waals surface area contributed by atoms with E-state index in [0.29, 0.717) is 33.3 Å². The molecule has 164 valence electrons. The summed E-state index contributed by atoms with van der Waals surface area (Å²) >= 11 is 1.25. The zero-order chi connectivity index (χ0) is 22.2. The molecule has 4 rings (SSSR count). The Kier molecular flexibility index (Phi) is 5.81. The Labute approximate surface area is 185 Å². The van der Waals surface area contributed by atoms with Gasteiger partial charge in [0, 0.05) is 18.7 Å². The topological polar surface area (TPSA) is 98.1 Å². The third-order valence-corrected chi connectivity index (χ3v) is 6.09. The summed E-state index contributed by atoms with van der Waals surface area (Å²) < 4.78 is 7.98. The number of carbonyl (C=O) groups excluding carboxylic acids is 2. The first-order valence-electron chi connectivity index (χ1n) is 10.4. The maximum Gasteiger partial charge on any atom is 0.273 e. The molecule has 3 heterocycles. The van der Waals surface area contributed by atoms with Crippen LogP contribution in [0.4, 0.5) is 5.13 Å². The lowest BCUT2D eigenvalue weighted by Gasteiger charge is -2.19. The van der Waals surface area contributed by atoms with E-state index in [9.17, 15) is 9.59 Å². The Balaban J connectivity index is 1.60. The Hall–Kier alpha value is -2.78. The number of hydrogen-bond acceptors (Lipinski definition) is 6. The van der Waals surface area contributed by atoms with E-state index >= 15 is 0 Å². The van der Waals surface area contributed by atoms with Crippen LogP contribution in [0.25, 0.3) is 10.3 Å². The van der Waals surface area contributed by atoms with Gasteiger partial charge in [-0.15, -0.1) is 0 Å². The predicted molar refractivity (Wildman–Crippen MR) is 121 cm³/mol. The van der Waals surface area contributed by atoms with Crippen LogP contribution in [0, 0.1) is 6.92 Å². The third kappa shape index (κ3) is 4.62. The molecule has 8 nitrogen and oxygen atoms in total. The summed E-state index contributed by atoms with van der Waals surface area (Å²) in [7, 11) is 0. The zero-order valence-corrected chi connectivity index (χ0v) is 19.0. The van der Waals surface area contributed by atoms with Gasteiger partial charge in [-0.1, -0.05) is 29.0 Å². The van der Waals surface area contributed by atoms with Gasteiger partial charge in [-0.05, 0) is 52.7 Å². The van der Waals surface area contributed by atoms with Gasteiger partial charge in [-0.2, -0.15) is 10.1 Å². The number of amides is 2. The highest BCUT2D eigenvalue weighted by molar-refractivity contribution is 7.22. The van der Waals surface area contributed by atoms with Crippen LogP contribution in [-0.4, -0.2) is 45.8 Å². The zero-order valence-electron chi connectivity index (χ0n) is 18.2. The summed E-state index contributed by atoms with van der Waals surface area (Å²) in [6.45, 7) is 9.16. The Morgan fingerprint density at radius 2 is 1.97 bits per heavy atom. The van der Waals surface area contributed by atoms with E-state index in [1.165, 1.54) is 11.3 Å². The van der Waals surface area contributed by atoms with E-state index in [2.05, 4.69) is 20.7 Å². The number of benzene rings is 1. The Bertz CT molecular complexity index is 1100. The fraction of sp³-hybridized carbons (Fsp3) is 0.455. The number of nitrogens with zero attached hydrogens (tertiary/aromatic N) is 3. The van der Waals surface area contributed by atoms with Crippen molar-refractivity contribution >= 4 is 38.6 Å². The van der Waals surface area contributed by atoms with Crippen LogP contribution in [0.2, 0.25) is 0 Å². The minimum atomic E-state index is -0.377. The minimum absolute atomic E-state index is 0.0509. The second-order valence-corrected chi connectivity index (χ2v) is 9.77. The van der Waals surface area contributed by atoms with Crippen molar-refractivity contribution in [3.8, 4) is 0 Å². The van der Waals surface area contributed by atoms with Gasteiger partial charge < -0.3 is 10.1 Å². The van der Waals surface area contributed by atoms with E-state index in [4.69, 9.17) is 4.74 Å². The number of aromatic nitrogens is 3. The standard InChI is InChI=1S/C22H27N5O3S/c1-13-7-9-14(10-8-13)19(28)25-21-24-18-17(31-21)16(26-27(18)22(2,3)4)20(29)23-12-15-6-5-11-30-15/h7-10,15H,5-6,11-12H2,1-4H3,(H,23,29)(H,24,25,28). The lowest BCUT2D eigenvalue weighted by atomic mass is 10.1. The van der Waals surface area contributed by atoms with E-state index < -0.39 is 0 Å². The summed E-state index contributed by atoms with van der Waals surface area (Å²) in [4.78, 5) is 30.1. The average Bonchev–Trinajstić information content (AvgIpc) is 3.42. The van der Waals surface area contributed by atoms with Crippen LogP contribution in [0.5, 0.6) is 0 Å². The Morgan fingerprint density at radius 1 is 1.23 bits per heavy atom. The van der Waals surface area contributed by atoms with E-state index in [0.717, 1.165) is 25.0 Å². The summed E-state index contributed by atoms with van der Waals surface area (Å²) in [5.74, 6) is -0.500. The summed E-state index contributed by atoms with van der Waals surface area (Å²) in [6.07, 6.45) is 2.01. The highest BCUT2D eigenvalue weighted by Crippen LogP contribution is 2.32. The van der Waals surface area contributed by atoms with Crippen molar-refractivity contribution in [1.29, 1.82) is 0 Å². The minimum Gasteiger partial charge on any atom is -0.376 e. The number of thiazole rings is 1. The van der Waals surface area contributed by atoms with Crippen molar-refractivity contribution in [2.24, 2.45) is 0 Å². The molecular formula is C22H27N5O3S. The molecule has 0 saturated carbocycles. The van der Waals surface area contributed by atoms with Crippen LogP contribution in [0.1, 0.15) is 60.0 Å². The summed E-state index contributed by atoms with van der Waals surface area (Å²) in [5.41, 5.74) is 2.16. The lowest BCUT2D eigenvalue weighted by molar-refractivity contribution is 0.0853. The lowest BCUT2D eigenvalue weighted by Crippen LogP contribution is -2.32. The molecule has 9 heteroatoms. The number of carbonyl (C=O) groups is 2. The molecule has 0 bridgehead atoms. The second kappa shape index (κ2) is 8.39. The number of rotatable bonds is 5. The van der Waals surface area contributed by atoms with E-state index in [1.54, 1.807) is 16.8 Å². The van der Waals surface area contributed by atoms with Gasteiger partial charge in [0.15, 0.2) is 16.5 Å². The van der Waals surface area contributed by atoms with Crippen LogP contribution in [0.15, 0.2) is 24.3 Å². The van der Waals surface area contributed by atoms with Gasteiger partial charge in [0.05, 0.1) is 11.6 Å².